The number of rotatable bonds is 2. The number of aryl methyl sites for hydroxylation is 1. The molecule has 1 aromatic carbocycles. The van der Waals surface area contributed by atoms with Crippen LogP contribution in [0, 0.1) is 0 Å². The summed E-state index contributed by atoms with van der Waals surface area (Å²) < 4.78 is 3.11. The summed E-state index contributed by atoms with van der Waals surface area (Å²) in [5.74, 6) is 0.193. The van der Waals surface area contributed by atoms with Gasteiger partial charge in [0.05, 0.1) is 0 Å². The molecule has 0 N–H and O–H groups in total. The first-order valence-electron chi connectivity index (χ1n) is 4.81. The summed E-state index contributed by atoms with van der Waals surface area (Å²) in [6.45, 7) is 1.62. The SMILES string of the molecule is CC(=O)Cc1cccc2c1c(Br)cn2C. The molecule has 0 radical (unpaired) electrons. The van der Waals surface area contributed by atoms with Crippen molar-refractivity contribution in [3.05, 3.63) is 34.4 Å². The zero-order valence-corrected chi connectivity index (χ0v) is 10.3. The quantitative estimate of drug-likeness (QED) is 0.818. The molecule has 15 heavy (non-hydrogen) atoms. The van der Waals surface area contributed by atoms with Gasteiger partial charge in [0, 0.05) is 35.0 Å². The highest BCUT2D eigenvalue weighted by atomic mass is 79.9. The molecule has 3 heteroatoms. The number of carbonyl (C=O) groups excluding carboxylic acids is 1. The number of ketones is 1. The standard InChI is InChI=1S/C12H12BrNO/c1-8(15)6-9-4-3-5-11-12(9)10(13)7-14(11)2/h3-5,7H,6H2,1-2H3. The number of fused-ring (bicyclic) bond motifs is 1. The van der Waals surface area contributed by atoms with Gasteiger partial charge in [-0.25, -0.2) is 0 Å². The maximum Gasteiger partial charge on any atom is 0.134 e. The molecule has 78 valence electrons. The number of halogens is 1. The van der Waals surface area contributed by atoms with Gasteiger partial charge in [0.2, 0.25) is 0 Å². The van der Waals surface area contributed by atoms with E-state index in [1.165, 1.54) is 0 Å². The summed E-state index contributed by atoms with van der Waals surface area (Å²) in [6, 6.07) is 6.06. The molecule has 2 nitrogen and oxygen atoms in total. The predicted molar refractivity (Wildman–Crippen MR) is 65.0 cm³/mol. The Morgan fingerprint density at radius 2 is 2.20 bits per heavy atom. The molecule has 0 fully saturated rings. The van der Waals surface area contributed by atoms with Crippen molar-refractivity contribution >= 4 is 32.6 Å². The Morgan fingerprint density at radius 3 is 2.87 bits per heavy atom. The normalized spacial score (nSPS) is 10.9. The molecule has 0 saturated heterocycles. The molecule has 2 aromatic rings. The highest BCUT2D eigenvalue weighted by molar-refractivity contribution is 9.10. The Kier molecular flexibility index (Phi) is 2.65. The fraction of sp³-hybridized carbons (Fsp3) is 0.250. The fourth-order valence-corrected chi connectivity index (χ4v) is 2.64. The first kappa shape index (κ1) is 10.4. The van der Waals surface area contributed by atoms with Gasteiger partial charge in [-0.3, -0.25) is 4.79 Å². The van der Waals surface area contributed by atoms with Crippen LogP contribution in [0.2, 0.25) is 0 Å². The first-order valence-corrected chi connectivity index (χ1v) is 5.60. The van der Waals surface area contributed by atoms with E-state index in [0.717, 1.165) is 20.9 Å². The molecular formula is C12H12BrNO. The van der Waals surface area contributed by atoms with Crippen LogP contribution in [0.3, 0.4) is 0 Å². The largest absolute Gasteiger partial charge is 0.349 e. The van der Waals surface area contributed by atoms with Crippen LogP contribution in [0.5, 0.6) is 0 Å². The van der Waals surface area contributed by atoms with Crippen LogP contribution in [0.1, 0.15) is 12.5 Å². The number of aromatic nitrogens is 1. The Labute approximate surface area is 97.0 Å². The number of Topliss-reactive ketones (excluding diaryl/α,β-unsaturated/α-hetero) is 1. The maximum atomic E-state index is 11.2. The lowest BCUT2D eigenvalue weighted by Gasteiger charge is -2.02. The predicted octanol–water partition coefficient (Wildman–Crippen LogP) is 3.07. The monoisotopic (exact) mass is 265 g/mol. The first-order chi connectivity index (χ1) is 7.09. The highest BCUT2D eigenvalue weighted by Gasteiger charge is 2.09. The molecule has 0 spiro atoms. The summed E-state index contributed by atoms with van der Waals surface area (Å²) in [6.07, 6.45) is 2.52. The van der Waals surface area contributed by atoms with Gasteiger partial charge in [-0.15, -0.1) is 0 Å². The van der Waals surface area contributed by atoms with Crippen molar-refractivity contribution in [1.82, 2.24) is 4.57 Å². The molecular weight excluding hydrogens is 254 g/mol. The fourth-order valence-electron chi connectivity index (χ4n) is 1.88. The minimum atomic E-state index is 0.193. The minimum Gasteiger partial charge on any atom is -0.349 e. The Morgan fingerprint density at radius 1 is 1.47 bits per heavy atom. The smallest absolute Gasteiger partial charge is 0.134 e. The van der Waals surface area contributed by atoms with E-state index < -0.39 is 0 Å². The lowest BCUT2D eigenvalue weighted by atomic mass is 10.1. The van der Waals surface area contributed by atoms with Gasteiger partial charge < -0.3 is 4.57 Å². The van der Waals surface area contributed by atoms with Crippen LogP contribution in [0.15, 0.2) is 28.9 Å². The van der Waals surface area contributed by atoms with Gasteiger partial charge in [0.1, 0.15) is 5.78 Å². The van der Waals surface area contributed by atoms with Crippen molar-refractivity contribution in [2.24, 2.45) is 7.05 Å². The van der Waals surface area contributed by atoms with E-state index in [-0.39, 0.29) is 5.78 Å². The second-order valence-electron chi connectivity index (χ2n) is 3.78. The molecule has 0 aliphatic heterocycles. The van der Waals surface area contributed by atoms with Crippen LogP contribution in [-0.4, -0.2) is 10.4 Å². The van der Waals surface area contributed by atoms with Crippen molar-refractivity contribution < 1.29 is 4.79 Å². The lowest BCUT2D eigenvalue weighted by Crippen LogP contribution is -1.96. The molecule has 0 aliphatic carbocycles. The van der Waals surface area contributed by atoms with Gasteiger partial charge in [0.25, 0.3) is 0 Å². The molecule has 0 atom stereocenters. The van der Waals surface area contributed by atoms with Gasteiger partial charge in [-0.05, 0) is 34.5 Å². The Hall–Kier alpha value is -1.09. The van der Waals surface area contributed by atoms with E-state index in [0.29, 0.717) is 6.42 Å². The summed E-state index contributed by atoms with van der Waals surface area (Å²) >= 11 is 3.53. The van der Waals surface area contributed by atoms with Crippen molar-refractivity contribution in [3.8, 4) is 0 Å². The number of benzene rings is 1. The van der Waals surface area contributed by atoms with E-state index in [1.807, 2.05) is 25.4 Å². The number of nitrogens with zero attached hydrogens (tertiary/aromatic N) is 1. The molecule has 0 unspecified atom stereocenters. The number of carbonyl (C=O) groups is 1. The van der Waals surface area contributed by atoms with Gasteiger partial charge in [-0.2, -0.15) is 0 Å². The van der Waals surface area contributed by atoms with E-state index >= 15 is 0 Å². The van der Waals surface area contributed by atoms with Crippen LogP contribution in [-0.2, 0) is 18.3 Å². The van der Waals surface area contributed by atoms with Crippen LogP contribution < -0.4 is 0 Å². The molecule has 1 heterocycles. The topological polar surface area (TPSA) is 22.0 Å². The van der Waals surface area contributed by atoms with Gasteiger partial charge in [0.15, 0.2) is 0 Å². The lowest BCUT2D eigenvalue weighted by molar-refractivity contribution is -0.116. The zero-order chi connectivity index (χ0) is 11.0. The van der Waals surface area contributed by atoms with Crippen molar-refractivity contribution in [2.75, 3.05) is 0 Å². The molecule has 0 amide bonds. The molecule has 0 aliphatic rings. The Bertz CT molecular complexity index is 528. The highest BCUT2D eigenvalue weighted by Crippen LogP contribution is 2.29. The average molecular weight is 266 g/mol. The summed E-state index contributed by atoms with van der Waals surface area (Å²) in [4.78, 5) is 11.2. The summed E-state index contributed by atoms with van der Waals surface area (Å²) in [7, 11) is 2.00. The third kappa shape index (κ3) is 1.84. The average Bonchev–Trinajstić information content (AvgIpc) is 2.43. The second kappa shape index (κ2) is 3.81. The van der Waals surface area contributed by atoms with E-state index in [1.54, 1.807) is 6.92 Å². The number of hydrogen-bond donors (Lipinski definition) is 0. The third-order valence-corrected chi connectivity index (χ3v) is 3.10. The summed E-state index contributed by atoms with van der Waals surface area (Å²) in [5.41, 5.74) is 2.24. The minimum absolute atomic E-state index is 0.193. The van der Waals surface area contributed by atoms with E-state index in [2.05, 4.69) is 26.6 Å². The van der Waals surface area contributed by atoms with Crippen molar-refractivity contribution in [1.29, 1.82) is 0 Å². The molecule has 0 bridgehead atoms. The van der Waals surface area contributed by atoms with Gasteiger partial charge in [-0.1, -0.05) is 12.1 Å². The maximum absolute atomic E-state index is 11.2. The van der Waals surface area contributed by atoms with Crippen molar-refractivity contribution in [2.45, 2.75) is 13.3 Å². The van der Waals surface area contributed by atoms with E-state index in [9.17, 15) is 4.79 Å². The molecule has 2 rings (SSSR count). The Balaban J connectivity index is 2.69. The number of hydrogen-bond acceptors (Lipinski definition) is 1. The summed E-state index contributed by atoms with van der Waals surface area (Å²) in [5, 5.41) is 1.15. The van der Waals surface area contributed by atoms with E-state index in [4.69, 9.17) is 0 Å². The zero-order valence-electron chi connectivity index (χ0n) is 8.75. The van der Waals surface area contributed by atoms with Gasteiger partial charge >= 0.3 is 0 Å². The van der Waals surface area contributed by atoms with Crippen LogP contribution >= 0.6 is 15.9 Å². The van der Waals surface area contributed by atoms with Crippen LogP contribution in [0.25, 0.3) is 10.9 Å². The molecule has 1 aromatic heterocycles. The third-order valence-electron chi connectivity index (χ3n) is 2.49. The van der Waals surface area contributed by atoms with Crippen molar-refractivity contribution in [3.63, 3.8) is 0 Å². The second-order valence-corrected chi connectivity index (χ2v) is 4.63. The van der Waals surface area contributed by atoms with Crippen LogP contribution in [0.4, 0.5) is 0 Å². The molecule has 0 saturated carbocycles.